The summed E-state index contributed by atoms with van der Waals surface area (Å²) in [6.45, 7) is 1.92. The van der Waals surface area contributed by atoms with Crippen LogP contribution in [0.1, 0.15) is 30.1 Å². The van der Waals surface area contributed by atoms with Crippen LogP contribution in [-0.2, 0) is 10.0 Å². The topological polar surface area (TPSA) is 50.3 Å². The molecule has 0 saturated carbocycles. The zero-order valence-corrected chi connectivity index (χ0v) is 14.1. The van der Waals surface area contributed by atoms with Crippen LogP contribution in [0, 0.1) is 12.7 Å². The lowest BCUT2D eigenvalue weighted by Gasteiger charge is -2.24. The second kappa shape index (κ2) is 6.19. The molecule has 1 aliphatic heterocycles. The van der Waals surface area contributed by atoms with Gasteiger partial charge in [0.2, 0.25) is 10.0 Å². The highest BCUT2D eigenvalue weighted by Crippen LogP contribution is 2.37. The molecule has 0 aliphatic carbocycles. The van der Waals surface area contributed by atoms with Gasteiger partial charge in [-0.25, -0.2) is 12.8 Å². The first-order valence-corrected chi connectivity index (χ1v) is 9.11. The third kappa shape index (κ3) is 2.98. The largest absolute Gasteiger partial charge is 0.260 e. The highest BCUT2D eigenvalue weighted by Gasteiger charge is 2.38. The van der Waals surface area contributed by atoms with E-state index in [0.29, 0.717) is 18.7 Å². The molecule has 3 rings (SSSR count). The molecule has 122 valence electrons. The van der Waals surface area contributed by atoms with Crippen molar-refractivity contribution in [2.75, 3.05) is 6.54 Å². The summed E-state index contributed by atoms with van der Waals surface area (Å²) in [7, 11) is -3.81. The molecule has 4 nitrogen and oxygen atoms in total. The predicted molar refractivity (Wildman–Crippen MR) is 86.3 cm³/mol. The van der Waals surface area contributed by atoms with Gasteiger partial charge in [-0.3, -0.25) is 4.98 Å². The zero-order chi connectivity index (χ0) is 16.6. The number of pyridine rings is 1. The summed E-state index contributed by atoms with van der Waals surface area (Å²) in [5, 5.41) is -0.0974. The molecule has 7 heteroatoms. The third-order valence-corrected chi connectivity index (χ3v) is 6.41. The maximum atomic E-state index is 13.6. The van der Waals surface area contributed by atoms with E-state index in [2.05, 4.69) is 4.98 Å². The van der Waals surface area contributed by atoms with E-state index >= 15 is 0 Å². The van der Waals surface area contributed by atoms with Gasteiger partial charge in [0, 0.05) is 12.7 Å². The number of aromatic nitrogens is 1. The fourth-order valence-electron chi connectivity index (χ4n) is 2.85. The smallest absolute Gasteiger partial charge is 0.245 e. The molecule has 1 fully saturated rings. The zero-order valence-electron chi connectivity index (χ0n) is 12.5. The number of halogens is 2. The lowest BCUT2D eigenvalue weighted by Crippen LogP contribution is -2.31. The van der Waals surface area contributed by atoms with E-state index in [1.54, 1.807) is 12.3 Å². The molecular formula is C16H16ClFN2O2S. The van der Waals surface area contributed by atoms with Gasteiger partial charge in [0.1, 0.15) is 10.7 Å². The Bertz CT molecular complexity index is 827. The first-order valence-electron chi connectivity index (χ1n) is 7.29. The van der Waals surface area contributed by atoms with E-state index < -0.39 is 15.8 Å². The Morgan fingerprint density at radius 1 is 1.35 bits per heavy atom. The van der Waals surface area contributed by atoms with Crippen molar-refractivity contribution in [3.63, 3.8) is 0 Å². The quantitative estimate of drug-likeness (QED) is 0.844. The average molecular weight is 355 g/mol. The molecule has 2 aromatic rings. The van der Waals surface area contributed by atoms with E-state index in [4.69, 9.17) is 11.6 Å². The SMILES string of the molecule is Cc1cc(S(=O)(=O)N2CCCC2c2ccccn2)c(Cl)cc1F. The molecule has 2 heterocycles. The minimum Gasteiger partial charge on any atom is -0.260 e. The molecule has 0 bridgehead atoms. The first kappa shape index (κ1) is 16.4. The fraction of sp³-hybridized carbons (Fsp3) is 0.312. The van der Waals surface area contributed by atoms with Crippen LogP contribution < -0.4 is 0 Å². The van der Waals surface area contributed by atoms with Gasteiger partial charge in [-0.05, 0) is 49.6 Å². The molecule has 23 heavy (non-hydrogen) atoms. The van der Waals surface area contributed by atoms with Crippen molar-refractivity contribution in [1.82, 2.24) is 9.29 Å². The van der Waals surface area contributed by atoms with Crippen molar-refractivity contribution in [3.8, 4) is 0 Å². The third-order valence-electron chi connectivity index (χ3n) is 4.03. The fourth-order valence-corrected chi connectivity index (χ4v) is 5.10. The van der Waals surface area contributed by atoms with Crippen LogP contribution in [0.25, 0.3) is 0 Å². The molecule has 1 atom stereocenters. The molecule has 1 saturated heterocycles. The van der Waals surface area contributed by atoms with E-state index in [9.17, 15) is 12.8 Å². The standard InChI is InChI=1S/C16H16ClFN2O2S/c1-11-9-16(12(17)10-13(11)18)23(21,22)20-8-4-6-15(20)14-5-2-3-7-19-14/h2-3,5,7,9-10,15H,4,6,8H2,1H3. The van der Waals surface area contributed by atoms with Crippen LogP contribution in [0.15, 0.2) is 41.4 Å². The minimum atomic E-state index is -3.81. The van der Waals surface area contributed by atoms with Crippen molar-refractivity contribution in [2.24, 2.45) is 0 Å². The maximum absolute atomic E-state index is 13.6. The van der Waals surface area contributed by atoms with Gasteiger partial charge in [0.15, 0.2) is 0 Å². The van der Waals surface area contributed by atoms with Crippen molar-refractivity contribution in [1.29, 1.82) is 0 Å². The van der Waals surface area contributed by atoms with Crippen LogP contribution >= 0.6 is 11.6 Å². The number of benzene rings is 1. The first-order chi connectivity index (χ1) is 10.9. The highest BCUT2D eigenvalue weighted by molar-refractivity contribution is 7.89. The van der Waals surface area contributed by atoms with E-state index in [-0.39, 0.29) is 21.5 Å². The van der Waals surface area contributed by atoms with Crippen molar-refractivity contribution in [2.45, 2.75) is 30.7 Å². The summed E-state index contributed by atoms with van der Waals surface area (Å²) < 4.78 is 41.0. The average Bonchev–Trinajstić information content (AvgIpc) is 3.02. The Labute approximate surface area is 140 Å². The predicted octanol–water partition coefficient (Wildman–Crippen LogP) is 3.71. The summed E-state index contributed by atoms with van der Waals surface area (Å²) >= 11 is 6.00. The summed E-state index contributed by atoms with van der Waals surface area (Å²) in [5.41, 5.74) is 0.963. The summed E-state index contributed by atoms with van der Waals surface area (Å²) in [4.78, 5) is 4.22. The van der Waals surface area contributed by atoms with Gasteiger partial charge in [-0.2, -0.15) is 4.31 Å². The van der Waals surface area contributed by atoms with Crippen LogP contribution in [0.5, 0.6) is 0 Å². The van der Waals surface area contributed by atoms with Crippen molar-refractivity contribution < 1.29 is 12.8 Å². The lowest BCUT2D eigenvalue weighted by atomic mass is 10.1. The summed E-state index contributed by atoms with van der Waals surface area (Å²) in [6.07, 6.45) is 3.10. The van der Waals surface area contributed by atoms with Crippen molar-refractivity contribution in [3.05, 3.63) is 58.6 Å². The minimum absolute atomic E-state index is 0.0547. The van der Waals surface area contributed by atoms with Crippen LogP contribution in [-0.4, -0.2) is 24.3 Å². The summed E-state index contributed by atoms with van der Waals surface area (Å²) in [6, 6.07) is 7.47. The van der Waals surface area contributed by atoms with E-state index in [0.717, 1.165) is 12.5 Å². The monoisotopic (exact) mass is 354 g/mol. The number of aryl methyl sites for hydroxylation is 1. The number of nitrogens with zero attached hydrogens (tertiary/aromatic N) is 2. The molecule has 1 aromatic heterocycles. The van der Waals surface area contributed by atoms with Crippen LogP contribution in [0.2, 0.25) is 5.02 Å². The molecule has 0 N–H and O–H groups in total. The van der Waals surface area contributed by atoms with Crippen molar-refractivity contribution >= 4 is 21.6 Å². The molecule has 1 aliphatic rings. The Hall–Kier alpha value is -1.50. The van der Waals surface area contributed by atoms with Gasteiger partial charge in [0.05, 0.1) is 16.8 Å². The van der Waals surface area contributed by atoms with Crippen LogP contribution in [0.4, 0.5) is 4.39 Å². The molecule has 0 radical (unpaired) electrons. The molecular weight excluding hydrogens is 339 g/mol. The number of rotatable bonds is 3. The van der Waals surface area contributed by atoms with E-state index in [1.165, 1.54) is 17.3 Å². The van der Waals surface area contributed by atoms with Gasteiger partial charge < -0.3 is 0 Å². The van der Waals surface area contributed by atoms with Crippen LogP contribution in [0.3, 0.4) is 0 Å². The lowest BCUT2D eigenvalue weighted by molar-refractivity contribution is 0.390. The van der Waals surface area contributed by atoms with Gasteiger partial charge in [-0.15, -0.1) is 0 Å². The van der Waals surface area contributed by atoms with Gasteiger partial charge in [0.25, 0.3) is 0 Å². The Morgan fingerprint density at radius 3 is 2.83 bits per heavy atom. The normalized spacial score (nSPS) is 19.2. The molecule has 0 spiro atoms. The maximum Gasteiger partial charge on any atom is 0.245 e. The van der Waals surface area contributed by atoms with Gasteiger partial charge in [-0.1, -0.05) is 17.7 Å². The Kier molecular flexibility index (Phi) is 4.40. The Morgan fingerprint density at radius 2 is 2.13 bits per heavy atom. The second-order valence-corrected chi connectivity index (χ2v) is 7.83. The molecule has 0 amide bonds. The van der Waals surface area contributed by atoms with Gasteiger partial charge >= 0.3 is 0 Å². The van der Waals surface area contributed by atoms with E-state index in [1.807, 2.05) is 12.1 Å². The summed E-state index contributed by atoms with van der Waals surface area (Å²) in [5.74, 6) is -0.517. The molecule has 1 unspecified atom stereocenters. The molecule has 1 aromatic carbocycles. The highest BCUT2D eigenvalue weighted by atomic mass is 35.5. The number of hydrogen-bond acceptors (Lipinski definition) is 3. The number of sulfonamides is 1. The Balaban J connectivity index is 2.04. The second-order valence-electron chi connectivity index (χ2n) is 5.56. The number of hydrogen-bond donors (Lipinski definition) is 0.